The molecule has 0 aliphatic heterocycles. The predicted molar refractivity (Wildman–Crippen MR) is 297 cm³/mol. The second-order valence-corrected chi connectivity index (χ2v) is 19.1. The quantitative estimate of drug-likeness (QED) is 0.155. The number of thiophene rings is 1. The van der Waals surface area contributed by atoms with E-state index in [1.807, 2.05) is 11.3 Å². The molecule has 0 aliphatic carbocycles. The van der Waals surface area contributed by atoms with Crippen molar-refractivity contribution in [1.29, 1.82) is 0 Å². The number of benzene rings is 12. The second-order valence-electron chi connectivity index (χ2n) is 18.0. The zero-order chi connectivity index (χ0) is 45.4. The van der Waals surface area contributed by atoms with Crippen molar-refractivity contribution in [1.82, 2.24) is 4.57 Å². The summed E-state index contributed by atoms with van der Waals surface area (Å²) in [5.41, 5.74) is 14.1. The molecule has 0 saturated carbocycles. The van der Waals surface area contributed by atoms with Crippen molar-refractivity contribution in [2.24, 2.45) is 0 Å². The summed E-state index contributed by atoms with van der Waals surface area (Å²) in [6, 6.07) is 93.9. The smallest absolute Gasteiger partial charge is 0.0562 e. The Morgan fingerprint density at radius 3 is 1.74 bits per heavy atom. The molecule has 0 amide bonds. The van der Waals surface area contributed by atoms with E-state index < -0.39 is 0 Å². The Labute approximate surface area is 403 Å². The third-order valence-corrected chi connectivity index (χ3v) is 15.4. The summed E-state index contributed by atoms with van der Waals surface area (Å²) in [5.74, 6) is 0. The van der Waals surface area contributed by atoms with Gasteiger partial charge in [-0.25, -0.2) is 0 Å². The van der Waals surface area contributed by atoms with Gasteiger partial charge in [0.05, 0.1) is 28.1 Å². The Morgan fingerprint density at radius 1 is 0.319 bits per heavy atom. The van der Waals surface area contributed by atoms with Gasteiger partial charge in [0, 0.05) is 47.6 Å². The molecule has 2 nitrogen and oxygen atoms in total. The number of anilines is 3. The van der Waals surface area contributed by atoms with Crippen LogP contribution in [0.4, 0.5) is 17.1 Å². The summed E-state index contributed by atoms with van der Waals surface area (Å²) in [6.45, 7) is 0. The van der Waals surface area contributed by atoms with Crippen LogP contribution in [-0.2, 0) is 0 Å². The molecule has 2 heterocycles. The Hall–Kier alpha value is -8.76. The predicted octanol–water partition coefficient (Wildman–Crippen LogP) is 19.1. The molecule has 69 heavy (non-hydrogen) atoms. The van der Waals surface area contributed by atoms with Gasteiger partial charge < -0.3 is 9.47 Å². The first-order chi connectivity index (χ1) is 34.2. The maximum absolute atomic E-state index is 2.53. The first kappa shape index (κ1) is 39.4. The van der Waals surface area contributed by atoms with Crippen molar-refractivity contribution in [2.45, 2.75) is 0 Å². The van der Waals surface area contributed by atoms with E-state index in [-0.39, 0.29) is 0 Å². The highest BCUT2D eigenvalue weighted by atomic mass is 32.1. The van der Waals surface area contributed by atoms with Crippen LogP contribution in [0.1, 0.15) is 0 Å². The molecule has 322 valence electrons. The van der Waals surface area contributed by atoms with Crippen LogP contribution in [0.5, 0.6) is 0 Å². The zero-order valence-corrected chi connectivity index (χ0v) is 38.4. The van der Waals surface area contributed by atoms with Gasteiger partial charge in [0.1, 0.15) is 0 Å². The minimum Gasteiger partial charge on any atom is -0.309 e. The summed E-state index contributed by atoms with van der Waals surface area (Å²) < 4.78 is 5.02. The molecule has 0 unspecified atom stereocenters. The standard InChI is InChI=1S/C66H42N2S/c1-2-18-47-42-50(34-33-43(47)15-1)49-22-11-21-48(41-49)44-35-37-51(38-36-44)67(60-30-14-31-61-64(60)56-25-7-9-28-59(56)68(61)58-29-13-20-46-17-4-6-24-53(46)58)62-40-39-55(54-27-12-19-45-16-3-5-23-52(45)54)66-65(62)57-26-8-10-32-63(57)69-66/h1-42H. The number of hydrogen-bond donors (Lipinski definition) is 0. The lowest BCUT2D eigenvalue weighted by Gasteiger charge is -2.28. The second kappa shape index (κ2) is 16.0. The van der Waals surface area contributed by atoms with Crippen molar-refractivity contribution in [3.63, 3.8) is 0 Å². The van der Waals surface area contributed by atoms with E-state index in [0.717, 1.165) is 22.6 Å². The lowest BCUT2D eigenvalue weighted by atomic mass is 9.95. The number of rotatable bonds is 7. The molecule has 14 aromatic rings. The van der Waals surface area contributed by atoms with Crippen molar-refractivity contribution in [3.8, 4) is 39.1 Å². The molecule has 0 saturated heterocycles. The fraction of sp³-hybridized carbons (Fsp3) is 0. The van der Waals surface area contributed by atoms with Crippen molar-refractivity contribution < 1.29 is 0 Å². The first-order valence-corrected chi connectivity index (χ1v) is 24.5. The molecular formula is C66H42N2S. The minimum atomic E-state index is 1.09. The summed E-state index contributed by atoms with van der Waals surface area (Å²) in [5, 5.41) is 12.4. The minimum absolute atomic E-state index is 1.09. The third kappa shape index (κ3) is 6.39. The van der Waals surface area contributed by atoms with E-state index in [1.165, 1.54) is 108 Å². The van der Waals surface area contributed by atoms with Crippen LogP contribution >= 0.6 is 11.3 Å². The first-order valence-electron chi connectivity index (χ1n) is 23.7. The summed E-state index contributed by atoms with van der Waals surface area (Å²) >= 11 is 1.89. The Morgan fingerprint density at radius 2 is 0.899 bits per heavy atom. The van der Waals surface area contributed by atoms with Gasteiger partial charge in [-0.05, 0) is 115 Å². The molecule has 0 radical (unpaired) electrons. The van der Waals surface area contributed by atoms with Gasteiger partial charge >= 0.3 is 0 Å². The molecule has 2 aromatic heterocycles. The van der Waals surface area contributed by atoms with Gasteiger partial charge in [-0.2, -0.15) is 0 Å². The molecule has 0 bridgehead atoms. The molecular weight excluding hydrogens is 853 g/mol. The topological polar surface area (TPSA) is 8.17 Å². The highest BCUT2D eigenvalue weighted by Gasteiger charge is 2.25. The van der Waals surface area contributed by atoms with Gasteiger partial charge in [-0.1, -0.05) is 194 Å². The van der Waals surface area contributed by atoms with Gasteiger partial charge in [0.2, 0.25) is 0 Å². The van der Waals surface area contributed by atoms with E-state index in [2.05, 4.69) is 264 Å². The molecule has 0 atom stereocenters. The molecule has 3 heteroatoms. The van der Waals surface area contributed by atoms with Crippen LogP contribution in [0.15, 0.2) is 255 Å². The fourth-order valence-corrected chi connectivity index (χ4v) is 12.2. The zero-order valence-electron chi connectivity index (χ0n) is 37.6. The van der Waals surface area contributed by atoms with Crippen LogP contribution in [0.2, 0.25) is 0 Å². The monoisotopic (exact) mass is 894 g/mol. The van der Waals surface area contributed by atoms with Crippen molar-refractivity contribution in [2.75, 3.05) is 4.90 Å². The molecule has 0 aliphatic rings. The largest absolute Gasteiger partial charge is 0.309 e. The summed E-state index contributed by atoms with van der Waals surface area (Å²) in [7, 11) is 0. The van der Waals surface area contributed by atoms with Crippen LogP contribution in [0, 0.1) is 0 Å². The van der Waals surface area contributed by atoms with Crippen LogP contribution in [-0.4, -0.2) is 4.57 Å². The van der Waals surface area contributed by atoms with Gasteiger partial charge in [0.25, 0.3) is 0 Å². The van der Waals surface area contributed by atoms with Gasteiger partial charge in [0.15, 0.2) is 0 Å². The SMILES string of the molecule is c1cc(-c2ccc(N(c3ccc(-c4cccc5ccccc45)c4sc5ccccc5c34)c3cccc4c3c3ccccc3n4-c3cccc4ccccc34)cc2)cc(-c2ccc3ccccc3c2)c1. The van der Waals surface area contributed by atoms with E-state index in [9.17, 15) is 0 Å². The number of fused-ring (bicyclic) bond motifs is 9. The van der Waals surface area contributed by atoms with E-state index >= 15 is 0 Å². The summed E-state index contributed by atoms with van der Waals surface area (Å²) in [6.07, 6.45) is 0. The van der Waals surface area contributed by atoms with E-state index in [4.69, 9.17) is 0 Å². The Balaban J connectivity index is 1.01. The Bertz CT molecular complexity index is 4300. The molecule has 14 rings (SSSR count). The van der Waals surface area contributed by atoms with Gasteiger partial charge in [-0.15, -0.1) is 11.3 Å². The lowest BCUT2D eigenvalue weighted by molar-refractivity contribution is 1.20. The molecule has 12 aromatic carbocycles. The highest BCUT2D eigenvalue weighted by Crippen LogP contribution is 2.51. The average molecular weight is 895 g/mol. The molecule has 0 N–H and O–H groups in total. The molecule has 0 fully saturated rings. The summed E-state index contributed by atoms with van der Waals surface area (Å²) in [4.78, 5) is 2.53. The number of nitrogens with zero attached hydrogens (tertiary/aromatic N) is 2. The fourth-order valence-electron chi connectivity index (χ4n) is 11.0. The highest BCUT2D eigenvalue weighted by molar-refractivity contribution is 7.26. The van der Waals surface area contributed by atoms with Crippen LogP contribution in [0.25, 0.3) is 113 Å². The number of para-hydroxylation sites is 1. The van der Waals surface area contributed by atoms with E-state index in [0.29, 0.717) is 0 Å². The van der Waals surface area contributed by atoms with Crippen LogP contribution < -0.4 is 4.90 Å². The number of hydrogen-bond acceptors (Lipinski definition) is 2. The maximum Gasteiger partial charge on any atom is 0.0562 e. The Kier molecular flexibility index (Phi) is 9.11. The average Bonchev–Trinajstić information content (AvgIpc) is 3.98. The van der Waals surface area contributed by atoms with Crippen molar-refractivity contribution in [3.05, 3.63) is 255 Å². The maximum atomic E-state index is 2.53. The number of aromatic nitrogens is 1. The normalized spacial score (nSPS) is 11.8. The van der Waals surface area contributed by atoms with E-state index in [1.54, 1.807) is 0 Å². The van der Waals surface area contributed by atoms with Gasteiger partial charge in [-0.3, -0.25) is 0 Å². The molecule has 0 spiro atoms. The van der Waals surface area contributed by atoms with Crippen molar-refractivity contribution >= 4 is 103 Å². The van der Waals surface area contributed by atoms with Crippen LogP contribution in [0.3, 0.4) is 0 Å². The lowest BCUT2D eigenvalue weighted by Crippen LogP contribution is -2.11. The third-order valence-electron chi connectivity index (χ3n) is 14.2.